The van der Waals surface area contributed by atoms with E-state index in [2.05, 4.69) is 10.2 Å². The van der Waals surface area contributed by atoms with Gasteiger partial charge in [0.2, 0.25) is 0 Å². The number of hydrogen-bond donors (Lipinski definition) is 1. The molecule has 7 heteroatoms. The van der Waals surface area contributed by atoms with E-state index in [1.165, 1.54) is 29.9 Å². The number of pyridine rings is 1. The molecule has 0 atom stereocenters. The molecule has 1 amide bonds. The third-order valence-electron chi connectivity index (χ3n) is 5.68. The van der Waals surface area contributed by atoms with Gasteiger partial charge < -0.3 is 19.2 Å². The highest BCUT2D eigenvalue weighted by atomic mass is 19.1. The lowest BCUT2D eigenvalue weighted by molar-refractivity contribution is 0.0946. The van der Waals surface area contributed by atoms with Gasteiger partial charge in [-0.15, -0.1) is 0 Å². The minimum absolute atomic E-state index is 0.0850. The van der Waals surface area contributed by atoms with E-state index < -0.39 is 0 Å². The van der Waals surface area contributed by atoms with Crippen molar-refractivity contribution in [3.8, 4) is 0 Å². The molecule has 1 saturated heterocycles. The number of likely N-dealkylation sites (tertiary alicyclic amines) is 1. The molecule has 3 aromatic rings. The van der Waals surface area contributed by atoms with Crippen LogP contribution in [0.2, 0.25) is 0 Å². The smallest absolute Gasteiger partial charge is 0.262 e. The van der Waals surface area contributed by atoms with Crippen LogP contribution in [0.4, 0.5) is 4.39 Å². The summed E-state index contributed by atoms with van der Waals surface area (Å²) < 4.78 is 21.1. The van der Waals surface area contributed by atoms with Crippen LogP contribution >= 0.6 is 0 Å². The molecule has 0 bridgehead atoms. The van der Waals surface area contributed by atoms with Crippen molar-refractivity contribution in [2.24, 2.45) is 0 Å². The van der Waals surface area contributed by atoms with Crippen molar-refractivity contribution in [2.75, 3.05) is 26.2 Å². The lowest BCUT2D eigenvalue weighted by Gasteiger charge is -2.26. The van der Waals surface area contributed by atoms with Gasteiger partial charge in [0.1, 0.15) is 17.2 Å². The van der Waals surface area contributed by atoms with Crippen molar-refractivity contribution in [1.29, 1.82) is 0 Å². The Balaban J connectivity index is 1.56. The Bertz CT molecular complexity index is 1110. The van der Waals surface area contributed by atoms with E-state index in [4.69, 9.17) is 4.42 Å². The number of aryl methyl sites for hydroxylation is 1. The number of carbonyl (C=O) groups excluding carboxylic acids is 1. The molecule has 1 aromatic carbocycles. The summed E-state index contributed by atoms with van der Waals surface area (Å²) >= 11 is 0. The van der Waals surface area contributed by atoms with E-state index >= 15 is 0 Å². The number of fused-ring (bicyclic) bond motifs is 1. The lowest BCUT2D eigenvalue weighted by Crippen LogP contribution is -2.38. The number of amides is 1. The third-order valence-corrected chi connectivity index (χ3v) is 5.68. The topological polar surface area (TPSA) is 67.5 Å². The number of piperidine rings is 1. The Morgan fingerprint density at radius 2 is 1.93 bits per heavy atom. The molecule has 3 heterocycles. The lowest BCUT2D eigenvalue weighted by atomic mass is 10.1. The number of aromatic nitrogens is 1. The van der Waals surface area contributed by atoms with Crippen LogP contribution in [0.15, 0.2) is 45.7 Å². The molecule has 1 N–H and O–H groups in total. The minimum atomic E-state index is -0.372. The number of rotatable bonds is 6. The van der Waals surface area contributed by atoms with Crippen molar-refractivity contribution >= 4 is 16.9 Å². The molecule has 6 nitrogen and oxygen atoms in total. The molecular formula is C23H26FN3O3. The van der Waals surface area contributed by atoms with Gasteiger partial charge >= 0.3 is 0 Å². The molecule has 1 aliphatic rings. The summed E-state index contributed by atoms with van der Waals surface area (Å²) in [4.78, 5) is 28.3. The standard InChI is InChI=1S/C23H26FN3O3/c1-16-20(22(28)25-10-14-26-11-5-2-6-12-26)21-19(30-16)9-13-27(23(21)29)15-17-7-3-4-8-18(17)24/h3-4,7-9,13H,2,5-6,10-12,14-15H2,1H3,(H,25,28). The molecule has 2 aromatic heterocycles. The van der Waals surface area contributed by atoms with Crippen LogP contribution in [-0.2, 0) is 6.54 Å². The van der Waals surface area contributed by atoms with Gasteiger partial charge in [0.15, 0.2) is 0 Å². The van der Waals surface area contributed by atoms with E-state index in [9.17, 15) is 14.0 Å². The molecule has 0 radical (unpaired) electrons. The second kappa shape index (κ2) is 8.83. The molecular weight excluding hydrogens is 385 g/mol. The fourth-order valence-electron chi connectivity index (χ4n) is 4.07. The van der Waals surface area contributed by atoms with Crippen molar-refractivity contribution in [3.63, 3.8) is 0 Å². The normalized spacial score (nSPS) is 14.9. The Labute approximate surface area is 174 Å². The van der Waals surface area contributed by atoms with Crippen molar-refractivity contribution < 1.29 is 13.6 Å². The quantitative estimate of drug-likeness (QED) is 0.676. The van der Waals surface area contributed by atoms with Crippen LogP contribution in [-0.4, -0.2) is 41.6 Å². The summed E-state index contributed by atoms with van der Waals surface area (Å²) in [5.41, 5.74) is 0.667. The number of nitrogens with zero attached hydrogens (tertiary/aromatic N) is 2. The van der Waals surface area contributed by atoms with Gasteiger partial charge in [-0.1, -0.05) is 24.6 Å². The number of halogens is 1. The highest BCUT2D eigenvalue weighted by Crippen LogP contribution is 2.22. The molecule has 0 unspecified atom stereocenters. The number of hydrogen-bond acceptors (Lipinski definition) is 4. The second-order valence-electron chi connectivity index (χ2n) is 7.77. The number of furan rings is 1. The number of nitrogens with one attached hydrogen (secondary N) is 1. The van der Waals surface area contributed by atoms with Gasteiger partial charge in [-0.25, -0.2) is 4.39 Å². The predicted octanol–water partition coefficient (Wildman–Crippen LogP) is 3.31. The monoisotopic (exact) mass is 411 g/mol. The summed E-state index contributed by atoms with van der Waals surface area (Å²) in [5.74, 6) is -0.284. The van der Waals surface area contributed by atoms with Crippen molar-refractivity contribution in [1.82, 2.24) is 14.8 Å². The van der Waals surface area contributed by atoms with Gasteiger partial charge in [0, 0.05) is 24.8 Å². The zero-order valence-corrected chi connectivity index (χ0v) is 17.1. The largest absolute Gasteiger partial charge is 0.460 e. The maximum Gasteiger partial charge on any atom is 0.262 e. The van der Waals surface area contributed by atoms with E-state index in [0.29, 0.717) is 23.5 Å². The van der Waals surface area contributed by atoms with E-state index in [-0.39, 0.29) is 34.8 Å². The number of benzene rings is 1. The first-order valence-corrected chi connectivity index (χ1v) is 10.4. The third kappa shape index (κ3) is 4.16. The molecule has 1 aliphatic heterocycles. The Hall–Kier alpha value is -2.93. The average Bonchev–Trinajstić information content (AvgIpc) is 3.09. The van der Waals surface area contributed by atoms with Crippen molar-refractivity contribution in [3.05, 3.63) is 69.6 Å². The SMILES string of the molecule is Cc1oc2ccn(Cc3ccccc3F)c(=O)c2c1C(=O)NCCN1CCCCC1. The Morgan fingerprint density at radius 3 is 2.70 bits per heavy atom. The summed E-state index contributed by atoms with van der Waals surface area (Å²) in [5, 5.41) is 3.16. The summed E-state index contributed by atoms with van der Waals surface area (Å²) in [7, 11) is 0. The van der Waals surface area contributed by atoms with Crippen LogP contribution in [0.5, 0.6) is 0 Å². The summed E-state index contributed by atoms with van der Waals surface area (Å²) in [6, 6.07) is 7.99. The molecule has 0 saturated carbocycles. The maximum absolute atomic E-state index is 14.0. The fourth-order valence-corrected chi connectivity index (χ4v) is 4.07. The first kappa shape index (κ1) is 20.3. The minimum Gasteiger partial charge on any atom is -0.460 e. The van der Waals surface area contributed by atoms with Crippen LogP contribution in [0, 0.1) is 12.7 Å². The first-order chi connectivity index (χ1) is 14.5. The predicted molar refractivity (Wildman–Crippen MR) is 113 cm³/mol. The van der Waals surface area contributed by atoms with Crippen LogP contribution in [0.3, 0.4) is 0 Å². The van der Waals surface area contributed by atoms with Crippen LogP contribution in [0.1, 0.15) is 40.9 Å². The molecule has 1 fully saturated rings. The summed E-state index contributed by atoms with van der Waals surface area (Å²) in [6.07, 6.45) is 5.22. The van der Waals surface area contributed by atoms with Gasteiger partial charge in [-0.2, -0.15) is 0 Å². The Kier molecular flexibility index (Phi) is 5.99. The van der Waals surface area contributed by atoms with Gasteiger partial charge in [-0.3, -0.25) is 9.59 Å². The molecule has 158 valence electrons. The van der Waals surface area contributed by atoms with Gasteiger partial charge in [0.05, 0.1) is 17.5 Å². The maximum atomic E-state index is 14.0. The van der Waals surface area contributed by atoms with E-state index in [1.807, 2.05) is 0 Å². The van der Waals surface area contributed by atoms with Crippen LogP contribution < -0.4 is 10.9 Å². The average molecular weight is 411 g/mol. The summed E-state index contributed by atoms with van der Waals surface area (Å²) in [6.45, 7) is 5.19. The van der Waals surface area contributed by atoms with E-state index in [1.54, 1.807) is 37.4 Å². The van der Waals surface area contributed by atoms with Crippen LogP contribution in [0.25, 0.3) is 11.0 Å². The molecule has 4 rings (SSSR count). The van der Waals surface area contributed by atoms with Gasteiger partial charge in [0.25, 0.3) is 11.5 Å². The second-order valence-corrected chi connectivity index (χ2v) is 7.77. The highest BCUT2D eigenvalue weighted by Gasteiger charge is 2.22. The number of carbonyl (C=O) groups is 1. The highest BCUT2D eigenvalue weighted by molar-refractivity contribution is 6.06. The Morgan fingerprint density at radius 1 is 1.17 bits per heavy atom. The molecule has 0 aliphatic carbocycles. The van der Waals surface area contributed by atoms with E-state index in [0.717, 1.165) is 19.6 Å². The van der Waals surface area contributed by atoms with Gasteiger partial charge in [-0.05, 0) is 45.0 Å². The zero-order chi connectivity index (χ0) is 21.1. The van der Waals surface area contributed by atoms with Crippen molar-refractivity contribution in [2.45, 2.75) is 32.7 Å². The zero-order valence-electron chi connectivity index (χ0n) is 17.1. The molecule has 30 heavy (non-hydrogen) atoms. The first-order valence-electron chi connectivity index (χ1n) is 10.4. The molecule has 0 spiro atoms. The fraction of sp³-hybridized carbons (Fsp3) is 0.391.